The molecule has 2 bridgehead atoms. The largest absolute Gasteiger partial charge is 0.493 e. The van der Waals surface area contributed by atoms with Crippen LogP contribution in [0.15, 0.2) is 36.4 Å². The predicted octanol–water partition coefficient (Wildman–Crippen LogP) is 2.37. The van der Waals surface area contributed by atoms with Crippen LogP contribution in [-0.4, -0.2) is 78.7 Å². The summed E-state index contributed by atoms with van der Waals surface area (Å²) >= 11 is 0. The first-order valence-electron chi connectivity index (χ1n) is 12.1. The molecule has 3 atom stereocenters. The summed E-state index contributed by atoms with van der Waals surface area (Å²) in [6, 6.07) is 7.39. The maximum Gasteiger partial charge on any atom is 0.258 e. The predicted molar refractivity (Wildman–Crippen MR) is 121 cm³/mol. The summed E-state index contributed by atoms with van der Waals surface area (Å²) < 4.78 is 12.2. The molecule has 3 aliphatic heterocycles. The molecule has 7 heteroatoms. The number of carbonyl (C=O) groups is 2. The van der Waals surface area contributed by atoms with Gasteiger partial charge in [0.05, 0.1) is 24.4 Å². The number of hydrogen-bond donors (Lipinski definition) is 1. The van der Waals surface area contributed by atoms with Crippen molar-refractivity contribution in [2.24, 2.45) is 0 Å². The average molecular weight is 440 g/mol. The van der Waals surface area contributed by atoms with Gasteiger partial charge < -0.3 is 19.7 Å². The fourth-order valence-corrected chi connectivity index (χ4v) is 5.45. The van der Waals surface area contributed by atoms with E-state index in [4.69, 9.17) is 9.47 Å². The van der Waals surface area contributed by atoms with Gasteiger partial charge in [-0.25, -0.2) is 0 Å². The quantitative estimate of drug-likeness (QED) is 0.681. The lowest BCUT2D eigenvalue weighted by Crippen LogP contribution is -2.62. The van der Waals surface area contributed by atoms with Crippen molar-refractivity contribution in [1.82, 2.24) is 15.1 Å². The SMILES string of the molecule is O=C1NC[C@@H]2C=CC[C@@H](CCOc3ccccc3C(=O)N3CCN(C4CCCC4)C[C@@H]13)O2. The van der Waals surface area contributed by atoms with E-state index in [9.17, 15) is 9.59 Å². The van der Waals surface area contributed by atoms with Gasteiger partial charge in [0.25, 0.3) is 5.91 Å². The average Bonchev–Trinajstić information content (AvgIpc) is 3.37. The topological polar surface area (TPSA) is 71.1 Å². The molecule has 1 N–H and O–H groups in total. The van der Waals surface area contributed by atoms with E-state index in [2.05, 4.69) is 16.3 Å². The second-order valence-electron chi connectivity index (χ2n) is 9.29. The number of para-hydroxylation sites is 1. The van der Waals surface area contributed by atoms with Gasteiger partial charge in [-0.3, -0.25) is 14.5 Å². The minimum Gasteiger partial charge on any atom is -0.493 e. The first kappa shape index (κ1) is 21.5. The Kier molecular flexibility index (Phi) is 6.46. The van der Waals surface area contributed by atoms with Gasteiger partial charge in [-0.15, -0.1) is 0 Å². The van der Waals surface area contributed by atoms with Crippen molar-refractivity contribution in [3.8, 4) is 5.75 Å². The molecule has 0 unspecified atom stereocenters. The number of ether oxygens (including phenoxy) is 2. The molecule has 1 aromatic carbocycles. The number of hydrogen-bond acceptors (Lipinski definition) is 5. The van der Waals surface area contributed by atoms with E-state index in [1.165, 1.54) is 25.7 Å². The zero-order valence-corrected chi connectivity index (χ0v) is 18.6. The van der Waals surface area contributed by atoms with E-state index in [1.54, 1.807) is 11.0 Å². The Morgan fingerprint density at radius 2 is 1.88 bits per heavy atom. The summed E-state index contributed by atoms with van der Waals surface area (Å²) in [7, 11) is 0. The lowest BCUT2D eigenvalue weighted by molar-refractivity contribution is -0.129. The van der Waals surface area contributed by atoms with E-state index in [0.717, 1.165) is 19.4 Å². The monoisotopic (exact) mass is 439 g/mol. The molecule has 0 radical (unpaired) electrons. The number of piperazine rings is 1. The summed E-state index contributed by atoms with van der Waals surface area (Å²) in [5.74, 6) is 0.352. The number of rotatable bonds is 1. The second kappa shape index (κ2) is 9.63. The Balaban J connectivity index is 1.43. The maximum atomic E-state index is 13.6. The fraction of sp³-hybridized carbons (Fsp3) is 0.600. The number of fused-ring (bicyclic) bond motifs is 4. The molecular formula is C25H33N3O4. The van der Waals surface area contributed by atoms with Gasteiger partial charge in [-0.05, 0) is 31.4 Å². The number of nitrogens with zero attached hydrogens (tertiary/aromatic N) is 2. The van der Waals surface area contributed by atoms with Crippen LogP contribution >= 0.6 is 0 Å². The van der Waals surface area contributed by atoms with E-state index in [1.807, 2.05) is 24.3 Å². The highest BCUT2D eigenvalue weighted by Gasteiger charge is 2.39. The zero-order chi connectivity index (χ0) is 21.9. The van der Waals surface area contributed by atoms with Crippen LogP contribution in [0.3, 0.4) is 0 Å². The van der Waals surface area contributed by atoms with Gasteiger partial charge in [-0.2, -0.15) is 0 Å². The summed E-state index contributed by atoms with van der Waals surface area (Å²) in [6.07, 6.45) is 10.5. The van der Waals surface area contributed by atoms with Gasteiger partial charge in [-0.1, -0.05) is 37.1 Å². The summed E-state index contributed by atoms with van der Waals surface area (Å²) in [5.41, 5.74) is 0.527. The molecule has 172 valence electrons. The standard InChI is InChI=1S/C25H33N3O4/c29-24-22-17-27(18-6-1-2-7-18)13-14-28(22)25(30)21-10-3-4-11-23(21)31-15-12-19-8-5-9-20(32-19)16-26-24/h3-5,9-11,18-20,22H,1-2,6-8,12-17H2,(H,26,29)/t19-,20-,22-/m0/s1. The molecule has 2 fully saturated rings. The van der Waals surface area contributed by atoms with Crippen LogP contribution < -0.4 is 10.1 Å². The van der Waals surface area contributed by atoms with Crippen LogP contribution in [0.25, 0.3) is 0 Å². The molecule has 1 saturated carbocycles. The molecule has 1 aliphatic carbocycles. The van der Waals surface area contributed by atoms with Crippen molar-refractivity contribution in [2.75, 3.05) is 32.8 Å². The van der Waals surface area contributed by atoms with Crippen LogP contribution in [0, 0.1) is 0 Å². The van der Waals surface area contributed by atoms with Gasteiger partial charge in [0.1, 0.15) is 11.8 Å². The number of carbonyl (C=O) groups excluding carboxylic acids is 2. The highest BCUT2D eigenvalue weighted by molar-refractivity contribution is 6.00. The van der Waals surface area contributed by atoms with E-state index >= 15 is 0 Å². The van der Waals surface area contributed by atoms with Gasteiger partial charge >= 0.3 is 0 Å². The Bertz CT molecular complexity index is 866. The molecular weight excluding hydrogens is 406 g/mol. The third-order valence-electron chi connectivity index (χ3n) is 7.23. The molecule has 2 amide bonds. The maximum absolute atomic E-state index is 13.6. The van der Waals surface area contributed by atoms with Gasteiger partial charge in [0, 0.05) is 38.6 Å². The highest BCUT2D eigenvalue weighted by Crippen LogP contribution is 2.28. The second-order valence-corrected chi connectivity index (χ2v) is 9.29. The minimum atomic E-state index is -0.517. The number of benzene rings is 1. The Morgan fingerprint density at radius 3 is 2.75 bits per heavy atom. The van der Waals surface area contributed by atoms with Crippen LogP contribution in [-0.2, 0) is 9.53 Å². The fourth-order valence-electron chi connectivity index (χ4n) is 5.45. The van der Waals surface area contributed by atoms with E-state index < -0.39 is 6.04 Å². The van der Waals surface area contributed by atoms with Crippen LogP contribution in [0.5, 0.6) is 5.75 Å². The molecule has 1 aromatic rings. The normalized spacial score (nSPS) is 30.1. The van der Waals surface area contributed by atoms with Crippen molar-refractivity contribution in [2.45, 2.75) is 62.8 Å². The van der Waals surface area contributed by atoms with E-state index in [0.29, 0.717) is 43.6 Å². The number of amides is 2. The Labute approximate surface area is 189 Å². The molecule has 1 saturated heterocycles. The molecule has 7 nitrogen and oxygen atoms in total. The van der Waals surface area contributed by atoms with Crippen molar-refractivity contribution in [3.05, 3.63) is 42.0 Å². The first-order valence-corrected chi connectivity index (χ1v) is 12.1. The van der Waals surface area contributed by atoms with Crippen molar-refractivity contribution in [3.63, 3.8) is 0 Å². The van der Waals surface area contributed by atoms with E-state index in [-0.39, 0.29) is 24.0 Å². The molecule has 5 rings (SSSR count). The highest BCUT2D eigenvalue weighted by atomic mass is 16.5. The minimum absolute atomic E-state index is 0.0525. The van der Waals surface area contributed by atoms with Gasteiger partial charge in [0.15, 0.2) is 0 Å². The van der Waals surface area contributed by atoms with Crippen LogP contribution in [0.1, 0.15) is 48.9 Å². The molecule has 4 aliphatic rings. The van der Waals surface area contributed by atoms with Gasteiger partial charge in [0.2, 0.25) is 5.91 Å². The van der Waals surface area contributed by atoms with Crippen molar-refractivity contribution in [1.29, 1.82) is 0 Å². The summed E-state index contributed by atoms with van der Waals surface area (Å²) in [5, 5.41) is 3.08. The molecule has 0 aromatic heterocycles. The smallest absolute Gasteiger partial charge is 0.258 e. The van der Waals surface area contributed by atoms with Crippen LogP contribution in [0.4, 0.5) is 0 Å². The van der Waals surface area contributed by atoms with Crippen molar-refractivity contribution < 1.29 is 19.1 Å². The van der Waals surface area contributed by atoms with Crippen molar-refractivity contribution >= 4 is 11.8 Å². The molecule has 0 spiro atoms. The summed E-state index contributed by atoms with van der Waals surface area (Å²) in [6.45, 7) is 2.84. The lowest BCUT2D eigenvalue weighted by Gasteiger charge is -2.43. The zero-order valence-electron chi connectivity index (χ0n) is 18.6. The lowest BCUT2D eigenvalue weighted by atomic mass is 10.0. The molecule has 32 heavy (non-hydrogen) atoms. The van der Waals surface area contributed by atoms with Crippen LogP contribution in [0.2, 0.25) is 0 Å². The number of nitrogens with one attached hydrogen (secondary N) is 1. The Hall–Kier alpha value is -2.38. The first-order chi connectivity index (χ1) is 15.7. The third kappa shape index (κ3) is 4.55. The third-order valence-corrected chi connectivity index (χ3v) is 7.23. The molecule has 3 heterocycles. The Morgan fingerprint density at radius 1 is 1.03 bits per heavy atom. The summed E-state index contributed by atoms with van der Waals surface area (Å²) in [4.78, 5) is 31.1.